The van der Waals surface area contributed by atoms with Crippen LogP contribution in [0.15, 0.2) is 36.4 Å². The van der Waals surface area contributed by atoms with Crippen LogP contribution in [-0.2, 0) is 11.2 Å². The molecule has 0 aliphatic carbocycles. The maximum atomic E-state index is 13.5. The summed E-state index contributed by atoms with van der Waals surface area (Å²) >= 11 is 6.12. The first-order chi connectivity index (χ1) is 10.6. The molecule has 2 aromatic carbocycles. The van der Waals surface area contributed by atoms with Gasteiger partial charge >= 0.3 is 0 Å². The van der Waals surface area contributed by atoms with Gasteiger partial charge in [-0.15, -0.1) is 0 Å². The molecule has 4 nitrogen and oxygen atoms in total. The van der Waals surface area contributed by atoms with Crippen molar-refractivity contribution in [2.75, 3.05) is 18.5 Å². The quantitative estimate of drug-likeness (QED) is 0.942. The Morgan fingerprint density at radius 1 is 1.23 bits per heavy atom. The molecule has 22 heavy (non-hydrogen) atoms. The maximum Gasteiger partial charge on any atom is 0.228 e. The number of nitrogens with one attached hydrogen (secondary N) is 1. The van der Waals surface area contributed by atoms with Crippen LogP contribution in [0.3, 0.4) is 0 Å². The molecule has 1 heterocycles. The Morgan fingerprint density at radius 3 is 2.82 bits per heavy atom. The Hall–Kier alpha value is -2.27. The van der Waals surface area contributed by atoms with Gasteiger partial charge in [0.25, 0.3) is 0 Å². The predicted octanol–water partition coefficient (Wildman–Crippen LogP) is 3.43. The van der Waals surface area contributed by atoms with Crippen LogP contribution in [-0.4, -0.2) is 19.1 Å². The molecule has 1 aliphatic rings. The average molecular weight is 322 g/mol. The standard InChI is InChI=1S/C16H13ClFNO3/c17-11-7-10(8-14-16(11)22-6-5-21-14)9-15(20)19-13-4-2-1-3-12(13)18/h1-4,7-8H,5-6,9H2,(H,19,20). The third-order valence-corrected chi connectivity index (χ3v) is 3.45. The largest absolute Gasteiger partial charge is 0.486 e. The molecule has 0 fully saturated rings. The molecule has 6 heteroatoms. The normalized spacial score (nSPS) is 12.8. The van der Waals surface area contributed by atoms with E-state index in [0.29, 0.717) is 35.3 Å². The van der Waals surface area contributed by atoms with Gasteiger partial charge in [0.15, 0.2) is 11.5 Å². The van der Waals surface area contributed by atoms with Gasteiger partial charge in [-0.05, 0) is 29.8 Å². The number of hydrogen-bond donors (Lipinski definition) is 1. The van der Waals surface area contributed by atoms with Crippen LogP contribution in [0.2, 0.25) is 5.02 Å². The molecule has 114 valence electrons. The van der Waals surface area contributed by atoms with Gasteiger partial charge in [0.2, 0.25) is 5.91 Å². The summed E-state index contributed by atoms with van der Waals surface area (Å²) in [5, 5.41) is 2.92. The minimum Gasteiger partial charge on any atom is -0.486 e. The highest BCUT2D eigenvalue weighted by molar-refractivity contribution is 6.32. The maximum absolute atomic E-state index is 13.5. The highest BCUT2D eigenvalue weighted by Gasteiger charge is 2.18. The van der Waals surface area contributed by atoms with Crippen molar-refractivity contribution < 1.29 is 18.7 Å². The van der Waals surface area contributed by atoms with Gasteiger partial charge in [-0.25, -0.2) is 4.39 Å². The Kier molecular flexibility index (Phi) is 4.15. The van der Waals surface area contributed by atoms with Gasteiger partial charge in [0.1, 0.15) is 19.0 Å². The molecule has 0 spiro atoms. The number of halogens is 2. The second-order valence-corrected chi connectivity index (χ2v) is 5.21. The van der Waals surface area contributed by atoms with Crippen molar-refractivity contribution in [1.29, 1.82) is 0 Å². The number of ether oxygens (including phenoxy) is 2. The molecule has 0 atom stereocenters. The minimum absolute atomic E-state index is 0.0602. The van der Waals surface area contributed by atoms with Crippen LogP contribution in [0.5, 0.6) is 11.5 Å². The van der Waals surface area contributed by atoms with E-state index in [0.717, 1.165) is 0 Å². The van der Waals surface area contributed by atoms with E-state index in [9.17, 15) is 9.18 Å². The van der Waals surface area contributed by atoms with Gasteiger partial charge in [-0.2, -0.15) is 0 Å². The summed E-state index contributed by atoms with van der Waals surface area (Å²) in [5.41, 5.74) is 0.819. The number of benzene rings is 2. The van der Waals surface area contributed by atoms with Crippen LogP contribution in [0.1, 0.15) is 5.56 Å². The van der Waals surface area contributed by atoms with E-state index in [1.54, 1.807) is 24.3 Å². The molecule has 0 radical (unpaired) electrons. The molecule has 0 saturated heterocycles. The van der Waals surface area contributed by atoms with Crippen LogP contribution in [0, 0.1) is 5.82 Å². The first-order valence-corrected chi connectivity index (χ1v) is 7.13. The molecular formula is C16H13ClFNO3. The zero-order valence-electron chi connectivity index (χ0n) is 11.6. The lowest BCUT2D eigenvalue weighted by atomic mass is 10.1. The van der Waals surface area contributed by atoms with Crippen molar-refractivity contribution >= 4 is 23.2 Å². The fourth-order valence-electron chi connectivity index (χ4n) is 2.21. The zero-order valence-corrected chi connectivity index (χ0v) is 12.3. The summed E-state index contributed by atoms with van der Waals surface area (Å²) in [6.07, 6.45) is 0.0602. The Bertz CT molecular complexity index is 721. The van der Waals surface area contributed by atoms with Crippen LogP contribution in [0.4, 0.5) is 10.1 Å². The molecule has 0 bridgehead atoms. The molecule has 3 rings (SSSR count). The lowest BCUT2D eigenvalue weighted by Crippen LogP contribution is -2.17. The van der Waals surface area contributed by atoms with E-state index in [2.05, 4.69) is 5.32 Å². The Labute approximate surface area is 131 Å². The molecule has 0 aromatic heterocycles. The second-order valence-electron chi connectivity index (χ2n) is 4.81. The van der Waals surface area contributed by atoms with Crippen LogP contribution < -0.4 is 14.8 Å². The van der Waals surface area contributed by atoms with Crippen molar-refractivity contribution in [3.05, 3.63) is 52.8 Å². The number of carbonyl (C=O) groups is 1. The number of amides is 1. The van der Waals surface area contributed by atoms with Crippen molar-refractivity contribution in [2.24, 2.45) is 0 Å². The first kappa shape index (κ1) is 14.7. The zero-order chi connectivity index (χ0) is 15.5. The van der Waals surface area contributed by atoms with Gasteiger partial charge in [-0.1, -0.05) is 23.7 Å². The number of rotatable bonds is 3. The third-order valence-electron chi connectivity index (χ3n) is 3.17. The number of carbonyl (C=O) groups excluding carboxylic acids is 1. The summed E-state index contributed by atoms with van der Waals surface area (Å²) in [6, 6.07) is 9.36. The van der Waals surface area contributed by atoms with Crippen molar-refractivity contribution in [3.8, 4) is 11.5 Å². The van der Waals surface area contributed by atoms with Gasteiger partial charge in [0.05, 0.1) is 17.1 Å². The van der Waals surface area contributed by atoms with Crippen molar-refractivity contribution in [2.45, 2.75) is 6.42 Å². The van der Waals surface area contributed by atoms with Gasteiger partial charge in [-0.3, -0.25) is 4.79 Å². The van der Waals surface area contributed by atoms with E-state index >= 15 is 0 Å². The van der Waals surface area contributed by atoms with E-state index in [1.807, 2.05) is 0 Å². The third kappa shape index (κ3) is 3.14. The average Bonchev–Trinajstić information content (AvgIpc) is 2.49. The monoisotopic (exact) mass is 321 g/mol. The molecule has 1 N–H and O–H groups in total. The minimum atomic E-state index is -0.476. The van der Waals surface area contributed by atoms with Crippen LogP contribution >= 0.6 is 11.6 Å². The topological polar surface area (TPSA) is 47.6 Å². The first-order valence-electron chi connectivity index (χ1n) is 6.76. The van der Waals surface area contributed by atoms with E-state index in [4.69, 9.17) is 21.1 Å². The fraction of sp³-hybridized carbons (Fsp3) is 0.188. The number of para-hydroxylation sites is 1. The predicted molar refractivity (Wildman–Crippen MR) is 81.2 cm³/mol. The Morgan fingerprint density at radius 2 is 2.00 bits per heavy atom. The van der Waals surface area contributed by atoms with Gasteiger partial charge < -0.3 is 14.8 Å². The lowest BCUT2D eigenvalue weighted by Gasteiger charge is -2.20. The molecular weight excluding hydrogens is 309 g/mol. The molecule has 1 amide bonds. The second kappa shape index (κ2) is 6.23. The highest BCUT2D eigenvalue weighted by Crippen LogP contribution is 2.38. The number of hydrogen-bond acceptors (Lipinski definition) is 3. The van der Waals surface area contributed by atoms with Crippen molar-refractivity contribution in [1.82, 2.24) is 0 Å². The van der Waals surface area contributed by atoms with E-state index in [-0.39, 0.29) is 18.0 Å². The smallest absolute Gasteiger partial charge is 0.228 e. The number of anilines is 1. The number of fused-ring (bicyclic) bond motifs is 1. The summed E-state index contributed by atoms with van der Waals surface area (Å²) < 4.78 is 24.4. The summed E-state index contributed by atoms with van der Waals surface area (Å²) in [5.74, 6) is 0.201. The lowest BCUT2D eigenvalue weighted by molar-refractivity contribution is -0.115. The van der Waals surface area contributed by atoms with Crippen molar-refractivity contribution in [3.63, 3.8) is 0 Å². The fourth-order valence-corrected chi connectivity index (χ4v) is 2.50. The summed E-state index contributed by atoms with van der Waals surface area (Å²) in [6.45, 7) is 0.883. The Balaban J connectivity index is 1.74. The van der Waals surface area contributed by atoms with Gasteiger partial charge in [0, 0.05) is 0 Å². The highest BCUT2D eigenvalue weighted by atomic mass is 35.5. The molecule has 2 aromatic rings. The molecule has 0 unspecified atom stereocenters. The summed E-state index contributed by atoms with van der Waals surface area (Å²) in [7, 11) is 0. The van der Waals surface area contributed by atoms with E-state index < -0.39 is 5.82 Å². The van der Waals surface area contributed by atoms with Crippen LogP contribution in [0.25, 0.3) is 0 Å². The van der Waals surface area contributed by atoms with E-state index in [1.165, 1.54) is 12.1 Å². The molecule has 0 saturated carbocycles. The summed E-state index contributed by atoms with van der Waals surface area (Å²) in [4.78, 5) is 12.0. The SMILES string of the molecule is O=C(Cc1cc(Cl)c2c(c1)OCCO2)Nc1ccccc1F. The molecule has 1 aliphatic heterocycles.